The van der Waals surface area contributed by atoms with E-state index in [4.69, 9.17) is 5.11 Å². The van der Waals surface area contributed by atoms with Crippen LogP contribution in [0.1, 0.15) is 29.0 Å². The second-order valence-electron chi connectivity index (χ2n) is 5.21. The summed E-state index contributed by atoms with van der Waals surface area (Å²) in [6.07, 6.45) is 1.23. The van der Waals surface area contributed by atoms with Crippen LogP contribution in [0.15, 0.2) is 54.6 Å². The monoisotopic (exact) mass is 253 g/mol. The van der Waals surface area contributed by atoms with Crippen molar-refractivity contribution in [2.24, 2.45) is 0 Å². The molecule has 1 saturated carbocycles. The van der Waals surface area contributed by atoms with Gasteiger partial charge in [-0.1, -0.05) is 54.6 Å². The van der Waals surface area contributed by atoms with Gasteiger partial charge >= 0.3 is 0 Å². The average Bonchev–Trinajstić information content (AvgIpc) is 3.26. The second-order valence-corrected chi connectivity index (χ2v) is 5.21. The lowest BCUT2D eigenvalue weighted by molar-refractivity contribution is 0.282. The third kappa shape index (κ3) is 3.03. The van der Waals surface area contributed by atoms with E-state index in [9.17, 15) is 0 Å². The Morgan fingerprint density at radius 1 is 0.947 bits per heavy atom. The number of nitrogens with one attached hydrogen (secondary N) is 1. The van der Waals surface area contributed by atoms with Gasteiger partial charge in [0.15, 0.2) is 0 Å². The lowest BCUT2D eigenvalue weighted by atomic mass is 10.1. The van der Waals surface area contributed by atoms with E-state index in [1.54, 1.807) is 0 Å². The molecule has 2 aromatic rings. The first-order valence-electron chi connectivity index (χ1n) is 6.84. The average molecular weight is 253 g/mol. The van der Waals surface area contributed by atoms with Crippen LogP contribution < -0.4 is 5.32 Å². The Kier molecular flexibility index (Phi) is 3.62. The highest BCUT2D eigenvalue weighted by atomic mass is 16.3. The topological polar surface area (TPSA) is 32.3 Å². The molecule has 2 N–H and O–H groups in total. The Morgan fingerprint density at radius 2 is 1.63 bits per heavy atom. The molecule has 19 heavy (non-hydrogen) atoms. The molecule has 1 fully saturated rings. The van der Waals surface area contributed by atoms with Crippen molar-refractivity contribution in [2.45, 2.75) is 31.5 Å². The Morgan fingerprint density at radius 3 is 2.32 bits per heavy atom. The van der Waals surface area contributed by atoms with Crippen LogP contribution in [-0.4, -0.2) is 11.1 Å². The van der Waals surface area contributed by atoms with Crippen molar-refractivity contribution in [3.8, 4) is 0 Å². The van der Waals surface area contributed by atoms with Crippen LogP contribution in [0.25, 0.3) is 0 Å². The molecule has 0 bridgehead atoms. The first-order valence-corrected chi connectivity index (χ1v) is 6.84. The number of aliphatic hydroxyl groups is 1. The second kappa shape index (κ2) is 5.55. The maximum absolute atomic E-state index is 9.00. The first-order chi connectivity index (χ1) is 9.36. The maximum atomic E-state index is 9.00. The Hall–Kier alpha value is -1.64. The minimum Gasteiger partial charge on any atom is -0.392 e. The van der Waals surface area contributed by atoms with Gasteiger partial charge in [-0.05, 0) is 23.1 Å². The quantitative estimate of drug-likeness (QED) is 0.859. The summed E-state index contributed by atoms with van der Waals surface area (Å²) in [5, 5.41) is 12.6. The van der Waals surface area contributed by atoms with Crippen LogP contribution in [0.3, 0.4) is 0 Å². The molecule has 2 unspecified atom stereocenters. The van der Waals surface area contributed by atoms with Crippen molar-refractivity contribution in [3.63, 3.8) is 0 Å². The van der Waals surface area contributed by atoms with Crippen molar-refractivity contribution < 1.29 is 5.11 Å². The number of benzene rings is 2. The van der Waals surface area contributed by atoms with E-state index >= 15 is 0 Å². The van der Waals surface area contributed by atoms with Crippen LogP contribution in [-0.2, 0) is 13.2 Å². The summed E-state index contributed by atoms with van der Waals surface area (Å²) in [5.41, 5.74) is 3.68. The van der Waals surface area contributed by atoms with E-state index in [2.05, 4.69) is 47.8 Å². The van der Waals surface area contributed by atoms with E-state index in [1.807, 2.05) is 12.1 Å². The minimum absolute atomic E-state index is 0.117. The number of hydrogen-bond acceptors (Lipinski definition) is 2. The minimum atomic E-state index is 0.117. The zero-order valence-corrected chi connectivity index (χ0v) is 10.9. The highest BCUT2D eigenvalue weighted by molar-refractivity contribution is 5.28. The molecule has 0 amide bonds. The lowest BCUT2D eigenvalue weighted by Gasteiger charge is -2.05. The fourth-order valence-electron chi connectivity index (χ4n) is 2.50. The third-order valence-corrected chi connectivity index (χ3v) is 3.79. The van der Waals surface area contributed by atoms with Crippen molar-refractivity contribution in [3.05, 3.63) is 71.3 Å². The van der Waals surface area contributed by atoms with Crippen molar-refractivity contribution in [2.75, 3.05) is 0 Å². The highest BCUT2D eigenvalue weighted by Gasteiger charge is 2.37. The molecule has 0 radical (unpaired) electrons. The molecular weight excluding hydrogens is 234 g/mol. The zero-order chi connectivity index (χ0) is 13.1. The molecule has 0 aromatic heterocycles. The van der Waals surface area contributed by atoms with E-state index < -0.39 is 0 Å². The molecule has 2 atom stereocenters. The standard InChI is InChI=1S/C17H19NO/c19-12-14-8-6-13(7-9-14)11-18-17-10-16(17)15-4-2-1-3-5-15/h1-9,16-19H,10-12H2. The van der Waals surface area contributed by atoms with Crippen LogP contribution in [0.2, 0.25) is 0 Å². The SMILES string of the molecule is OCc1ccc(CNC2CC2c2ccccc2)cc1. The molecule has 2 aromatic carbocycles. The fraction of sp³-hybridized carbons (Fsp3) is 0.294. The molecule has 0 spiro atoms. The van der Waals surface area contributed by atoms with Crippen LogP contribution in [0, 0.1) is 0 Å². The van der Waals surface area contributed by atoms with Crippen LogP contribution in [0.4, 0.5) is 0 Å². The highest BCUT2D eigenvalue weighted by Crippen LogP contribution is 2.40. The molecule has 0 heterocycles. The van der Waals surface area contributed by atoms with Crippen molar-refractivity contribution in [1.82, 2.24) is 5.32 Å². The molecule has 2 nitrogen and oxygen atoms in total. The molecule has 98 valence electrons. The van der Waals surface area contributed by atoms with Gasteiger partial charge in [0.25, 0.3) is 0 Å². The molecule has 0 saturated heterocycles. The Labute approximate surface area is 114 Å². The van der Waals surface area contributed by atoms with Gasteiger partial charge in [0.05, 0.1) is 6.61 Å². The van der Waals surface area contributed by atoms with Crippen molar-refractivity contribution >= 4 is 0 Å². The largest absolute Gasteiger partial charge is 0.392 e. The van der Waals surface area contributed by atoms with Gasteiger partial charge in [-0.2, -0.15) is 0 Å². The Bertz CT molecular complexity index is 521. The summed E-state index contributed by atoms with van der Waals surface area (Å²) in [7, 11) is 0. The summed E-state index contributed by atoms with van der Waals surface area (Å²) < 4.78 is 0. The van der Waals surface area contributed by atoms with Gasteiger partial charge in [-0.15, -0.1) is 0 Å². The van der Waals surface area contributed by atoms with Gasteiger partial charge in [-0.3, -0.25) is 0 Å². The molecule has 1 aliphatic rings. The predicted octanol–water partition coefficient (Wildman–Crippen LogP) is 2.82. The summed E-state index contributed by atoms with van der Waals surface area (Å²) in [4.78, 5) is 0. The number of aliphatic hydroxyl groups excluding tert-OH is 1. The van der Waals surface area contributed by atoms with Gasteiger partial charge < -0.3 is 10.4 Å². The third-order valence-electron chi connectivity index (χ3n) is 3.79. The molecule has 1 aliphatic carbocycles. The lowest BCUT2D eigenvalue weighted by Crippen LogP contribution is -2.17. The first kappa shape index (κ1) is 12.4. The Balaban J connectivity index is 1.51. The van der Waals surface area contributed by atoms with Gasteiger partial charge in [0, 0.05) is 18.5 Å². The molecule has 0 aliphatic heterocycles. The predicted molar refractivity (Wildman–Crippen MR) is 76.8 cm³/mol. The van der Waals surface area contributed by atoms with Gasteiger partial charge in [-0.25, -0.2) is 0 Å². The van der Waals surface area contributed by atoms with Gasteiger partial charge in [0.2, 0.25) is 0 Å². The summed E-state index contributed by atoms with van der Waals surface area (Å²) in [6, 6.07) is 19.5. The normalized spacial score (nSPS) is 21.3. The molecular formula is C17H19NO. The summed E-state index contributed by atoms with van der Waals surface area (Å²) in [6.45, 7) is 1.02. The molecule has 3 rings (SSSR count). The van der Waals surface area contributed by atoms with E-state index in [0.29, 0.717) is 12.0 Å². The van der Waals surface area contributed by atoms with E-state index in [-0.39, 0.29) is 6.61 Å². The van der Waals surface area contributed by atoms with Gasteiger partial charge in [0.1, 0.15) is 0 Å². The van der Waals surface area contributed by atoms with Crippen molar-refractivity contribution in [1.29, 1.82) is 0 Å². The smallest absolute Gasteiger partial charge is 0.0681 e. The van der Waals surface area contributed by atoms with E-state index in [0.717, 1.165) is 12.1 Å². The number of rotatable bonds is 5. The van der Waals surface area contributed by atoms with Crippen LogP contribution in [0.5, 0.6) is 0 Å². The molecule has 2 heteroatoms. The fourth-order valence-corrected chi connectivity index (χ4v) is 2.50. The zero-order valence-electron chi connectivity index (χ0n) is 10.9. The maximum Gasteiger partial charge on any atom is 0.0681 e. The summed E-state index contributed by atoms with van der Waals surface area (Å²) in [5.74, 6) is 0.679. The summed E-state index contributed by atoms with van der Waals surface area (Å²) >= 11 is 0. The number of hydrogen-bond donors (Lipinski definition) is 2. The van der Waals surface area contributed by atoms with Crippen LogP contribution >= 0.6 is 0 Å². The van der Waals surface area contributed by atoms with E-state index in [1.165, 1.54) is 17.5 Å².